The minimum atomic E-state index is -0.393. The number of benzene rings is 2. The summed E-state index contributed by atoms with van der Waals surface area (Å²) in [5, 5.41) is 14.6. The summed E-state index contributed by atoms with van der Waals surface area (Å²) in [6.45, 7) is 0. The standard InChI is InChI=1S/C23H22N4O4/c1-29-16-8-6-13(7-9-16)15-11-18-20(19(28)12-15)21(14-4-3-5-17(10-14)30-2)25-23-22(24-18)26-31-27-23/h3-10,15,21H,11-12H2,1-2H3,(H,24,26)(H,25,27)/t15-,21-/m0/s1. The van der Waals surface area contributed by atoms with E-state index in [2.05, 4.69) is 20.9 Å². The van der Waals surface area contributed by atoms with Crippen molar-refractivity contribution in [3.05, 3.63) is 70.9 Å². The van der Waals surface area contributed by atoms with Gasteiger partial charge in [0.15, 0.2) is 5.78 Å². The number of rotatable bonds is 4. The number of allylic oxidation sites excluding steroid dienone is 1. The molecule has 2 aliphatic rings. The SMILES string of the molecule is COc1ccc([C@@H]2CC(=O)C3=C(C2)Nc2nonc2N[C@H]3c2cccc(OC)c2)cc1. The number of carbonyl (C=O) groups excluding carboxylic acids is 1. The van der Waals surface area contributed by atoms with Crippen molar-refractivity contribution in [1.29, 1.82) is 0 Å². The van der Waals surface area contributed by atoms with Crippen LogP contribution < -0.4 is 20.1 Å². The lowest BCUT2D eigenvalue weighted by atomic mass is 9.78. The van der Waals surface area contributed by atoms with E-state index in [1.54, 1.807) is 14.2 Å². The minimum Gasteiger partial charge on any atom is -0.497 e. The Labute approximate surface area is 179 Å². The van der Waals surface area contributed by atoms with Gasteiger partial charge in [-0.15, -0.1) is 0 Å². The molecule has 0 spiro atoms. The first-order valence-electron chi connectivity index (χ1n) is 10.1. The molecule has 8 heteroatoms. The van der Waals surface area contributed by atoms with Crippen LogP contribution in [0.4, 0.5) is 11.6 Å². The van der Waals surface area contributed by atoms with Crippen LogP contribution in [0.1, 0.15) is 35.9 Å². The number of hydrogen-bond donors (Lipinski definition) is 2. The number of fused-ring (bicyclic) bond motifs is 1. The summed E-state index contributed by atoms with van der Waals surface area (Å²) in [7, 11) is 3.26. The van der Waals surface area contributed by atoms with Crippen LogP contribution in [0.5, 0.6) is 11.5 Å². The fourth-order valence-electron chi connectivity index (χ4n) is 4.28. The van der Waals surface area contributed by atoms with Crippen molar-refractivity contribution in [3.8, 4) is 11.5 Å². The van der Waals surface area contributed by atoms with Gasteiger partial charge in [0.05, 0.1) is 20.3 Å². The summed E-state index contributed by atoms with van der Waals surface area (Å²) < 4.78 is 15.6. The van der Waals surface area contributed by atoms with E-state index in [9.17, 15) is 4.79 Å². The van der Waals surface area contributed by atoms with Crippen LogP contribution in [0.15, 0.2) is 64.4 Å². The van der Waals surface area contributed by atoms with Crippen LogP contribution in [0.25, 0.3) is 0 Å². The van der Waals surface area contributed by atoms with Gasteiger partial charge in [0.2, 0.25) is 11.6 Å². The van der Waals surface area contributed by atoms with E-state index in [-0.39, 0.29) is 11.7 Å². The quantitative estimate of drug-likeness (QED) is 0.654. The molecule has 0 saturated carbocycles. The van der Waals surface area contributed by atoms with E-state index >= 15 is 0 Å². The zero-order valence-corrected chi connectivity index (χ0v) is 17.2. The fraction of sp³-hybridized carbons (Fsp3) is 0.261. The zero-order valence-electron chi connectivity index (χ0n) is 17.2. The van der Waals surface area contributed by atoms with Gasteiger partial charge < -0.3 is 20.1 Å². The van der Waals surface area contributed by atoms with E-state index in [0.717, 1.165) is 28.3 Å². The number of nitrogens with zero attached hydrogens (tertiary/aromatic N) is 2. The molecular formula is C23H22N4O4. The molecule has 2 aromatic carbocycles. The highest BCUT2D eigenvalue weighted by Crippen LogP contribution is 2.43. The number of aromatic nitrogens is 2. The Bertz CT molecular complexity index is 1150. The Morgan fingerprint density at radius 3 is 2.48 bits per heavy atom. The number of hydrogen-bond acceptors (Lipinski definition) is 8. The molecule has 158 valence electrons. The molecule has 0 radical (unpaired) electrons. The molecule has 8 nitrogen and oxygen atoms in total. The Kier molecular flexibility index (Phi) is 4.82. The molecule has 0 bridgehead atoms. The van der Waals surface area contributed by atoms with Gasteiger partial charge in [-0.05, 0) is 58.0 Å². The maximum atomic E-state index is 13.4. The van der Waals surface area contributed by atoms with Crippen LogP contribution in [-0.2, 0) is 4.79 Å². The molecule has 2 heterocycles. The maximum absolute atomic E-state index is 13.4. The molecule has 5 rings (SSSR count). The van der Waals surface area contributed by atoms with Crippen molar-refractivity contribution in [2.75, 3.05) is 24.9 Å². The molecule has 3 aromatic rings. The Morgan fingerprint density at radius 2 is 1.71 bits per heavy atom. The molecule has 0 fully saturated rings. The third kappa shape index (κ3) is 3.50. The second-order valence-electron chi connectivity index (χ2n) is 7.63. The second-order valence-corrected chi connectivity index (χ2v) is 7.63. The van der Waals surface area contributed by atoms with Crippen molar-refractivity contribution in [3.63, 3.8) is 0 Å². The lowest BCUT2D eigenvalue weighted by Gasteiger charge is -2.29. The largest absolute Gasteiger partial charge is 0.497 e. The van der Waals surface area contributed by atoms with Gasteiger partial charge in [-0.2, -0.15) is 0 Å². The summed E-state index contributed by atoms with van der Waals surface area (Å²) >= 11 is 0. The van der Waals surface area contributed by atoms with Gasteiger partial charge in [0, 0.05) is 17.7 Å². The number of Topliss-reactive ketones (excluding diaryl/α,β-unsaturated/α-hetero) is 1. The average molecular weight is 418 g/mol. The van der Waals surface area contributed by atoms with E-state index in [4.69, 9.17) is 14.1 Å². The topological polar surface area (TPSA) is 98.5 Å². The Hall–Kier alpha value is -3.81. The van der Waals surface area contributed by atoms with Crippen LogP contribution in [0.2, 0.25) is 0 Å². The number of ether oxygens (including phenoxy) is 2. The fourth-order valence-corrected chi connectivity index (χ4v) is 4.28. The van der Waals surface area contributed by atoms with Crippen LogP contribution in [0.3, 0.4) is 0 Å². The van der Waals surface area contributed by atoms with Gasteiger partial charge >= 0.3 is 0 Å². The smallest absolute Gasteiger partial charge is 0.219 e. The van der Waals surface area contributed by atoms with Crippen LogP contribution >= 0.6 is 0 Å². The second kappa shape index (κ2) is 7.79. The van der Waals surface area contributed by atoms with Crippen molar-refractivity contribution in [1.82, 2.24) is 10.3 Å². The van der Waals surface area contributed by atoms with E-state index in [0.29, 0.717) is 30.1 Å². The molecule has 2 N–H and O–H groups in total. The van der Waals surface area contributed by atoms with Crippen LogP contribution in [0, 0.1) is 0 Å². The molecule has 0 amide bonds. The van der Waals surface area contributed by atoms with E-state index in [1.807, 2.05) is 48.5 Å². The average Bonchev–Trinajstić information content (AvgIpc) is 3.17. The highest BCUT2D eigenvalue weighted by Gasteiger charge is 2.37. The molecular weight excluding hydrogens is 396 g/mol. The van der Waals surface area contributed by atoms with Gasteiger partial charge in [-0.25, -0.2) is 4.63 Å². The Morgan fingerprint density at radius 1 is 0.935 bits per heavy atom. The first-order chi connectivity index (χ1) is 15.2. The first kappa shape index (κ1) is 19.2. The van der Waals surface area contributed by atoms with Crippen molar-refractivity contribution < 1.29 is 18.9 Å². The summed E-state index contributed by atoms with van der Waals surface area (Å²) in [6, 6.07) is 15.1. The molecule has 0 unspecified atom stereocenters. The van der Waals surface area contributed by atoms with E-state index < -0.39 is 6.04 Å². The number of methoxy groups -OCH3 is 2. The summed E-state index contributed by atoms with van der Waals surface area (Å²) in [6.07, 6.45) is 1.09. The number of carbonyl (C=O) groups is 1. The minimum absolute atomic E-state index is 0.0528. The predicted octanol–water partition coefficient (Wildman–Crippen LogP) is 4.07. The number of anilines is 2. The summed E-state index contributed by atoms with van der Waals surface area (Å²) in [5.74, 6) is 2.58. The molecule has 0 saturated heterocycles. The van der Waals surface area contributed by atoms with Gasteiger partial charge in [-0.3, -0.25) is 4.79 Å². The number of ketones is 1. The predicted molar refractivity (Wildman–Crippen MR) is 114 cm³/mol. The van der Waals surface area contributed by atoms with Crippen molar-refractivity contribution in [2.45, 2.75) is 24.8 Å². The first-order valence-corrected chi connectivity index (χ1v) is 10.1. The van der Waals surface area contributed by atoms with Gasteiger partial charge in [0.25, 0.3) is 0 Å². The van der Waals surface area contributed by atoms with Gasteiger partial charge in [-0.1, -0.05) is 24.3 Å². The number of nitrogens with one attached hydrogen (secondary N) is 2. The molecule has 1 aliphatic heterocycles. The third-order valence-electron chi connectivity index (χ3n) is 5.85. The van der Waals surface area contributed by atoms with Crippen molar-refractivity contribution >= 4 is 17.4 Å². The normalized spacial score (nSPS) is 20.1. The molecule has 1 aromatic heterocycles. The molecule has 31 heavy (non-hydrogen) atoms. The summed E-state index contributed by atoms with van der Waals surface area (Å²) in [4.78, 5) is 13.4. The third-order valence-corrected chi connectivity index (χ3v) is 5.85. The maximum Gasteiger partial charge on any atom is 0.219 e. The van der Waals surface area contributed by atoms with Crippen molar-refractivity contribution in [2.24, 2.45) is 0 Å². The molecule has 2 atom stereocenters. The summed E-state index contributed by atoms with van der Waals surface area (Å²) in [5.41, 5.74) is 3.52. The lowest BCUT2D eigenvalue weighted by Crippen LogP contribution is -2.27. The monoisotopic (exact) mass is 418 g/mol. The molecule has 1 aliphatic carbocycles. The van der Waals surface area contributed by atoms with Gasteiger partial charge in [0.1, 0.15) is 11.5 Å². The highest BCUT2D eigenvalue weighted by atomic mass is 16.6. The highest BCUT2D eigenvalue weighted by molar-refractivity contribution is 6.00. The zero-order chi connectivity index (χ0) is 21.4. The Balaban J connectivity index is 1.56. The lowest BCUT2D eigenvalue weighted by molar-refractivity contribution is -0.116. The van der Waals surface area contributed by atoms with Crippen LogP contribution in [-0.4, -0.2) is 30.3 Å². The van der Waals surface area contributed by atoms with E-state index in [1.165, 1.54) is 0 Å².